The van der Waals surface area contributed by atoms with E-state index in [4.69, 9.17) is 4.74 Å². The minimum absolute atomic E-state index is 0.0102. The zero-order valence-electron chi connectivity index (χ0n) is 12.3. The van der Waals surface area contributed by atoms with Gasteiger partial charge in [0.2, 0.25) is 5.91 Å². The van der Waals surface area contributed by atoms with Gasteiger partial charge in [-0.3, -0.25) is 4.79 Å². The number of hydrogen-bond donors (Lipinski definition) is 1. The predicted octanol–water partition coefficient (Wildman–Crippen LogP) is 2.38. The molecule has 1 aliphatic rings. The summed E-state index contributed by atoms with van der Waals surface area (Å²) >= 11 is 0. The fourth-order valence-corrected chi connectivity index (χ4v) is 2.80. The van der Waals surface area contributed by atoms with Gasteiger partial charge in [-0.1, -0.05) is 48.5 Å². The summed E-state index contributed by atoms with van der Waals surface area (Å²) in [7, 11) is 0. The lowest BCUT2D eigenvalue weighted by molar-refractivity contribution is -0.136. The monoisotopic (exact) mass is 297 g/mol. The second-order valence-electron chi connectivity index (χ2n) is 5.34. The van der Waals surface area contributed by atoms with Crippen molar-refractivity contribution in [3.8, 4) is 5.75 Å². The maximum atomic E-state index is 13.0. The number of carbonyl (C=O) groups is 1. The molecule has 1 heterocycles. The number of phenols is 1. The molecule has 1 fully saturated rings. The summed E-state index contributed by atoms with van der Waals surface area (Å²) in [5.41, 5.74) is 1.53. The first-order valence-corrected chi connectivity index (χ1v) is 7.47. The van der Waals surface area contributed by atoms with Gasteiger partial charge >= 0.3 is 0 Å². The third kappa shape index (κ3) is 2.97. The molecule has 3 rings (SSSR count). The molecule has 1 atom stereocenters. The molecule has 1 amide bonds. The van der Waals surface area contributed by atoms with Gasteiger partial charge in [-0.15, -0.1) is 0 Å². The number of nitrogens with zero attached hydrogens (tertiary/aromatic N) is 1. The maximum absolute atomic E-state index is 13.0. The number of aromatic hydroxyl groups is 1. The van der Waals surface area contributed by atoms with Gasteiger partial charge in [0.1, 0.15) is 5.75 Å². The molecule has 1 N–H and O–H groups in total. The number of phenolic OH excluding ortho intramolecular Hbond substituents is 1. The molecule has 0 aromatic heterocycles. The van der Waals surface area contributed by atoms with Crippen molar-refractivity contribution in [3.05, 3.63) is 65.7 Å². The number of amides is 1. The first kappa shape index (κ1) is 14.6. The highest BCUT2D eigenvalue weighted by atomic mass is 16.5. The average molecular weight is 297 g/mol. The van der Waals surface area contributed by atoms with Crippen molar-refractivity contribution in [1.82, 2.24) is 4.90 Å². The Kier molecular flexibility index (Phi) is 4.39. The molecule has 0 saturated carbocycles. The van der Waals surface area contributed by atoms with Crippen LogP contribution in [0.25, 0.3) is 0 Å². The van der Waals surface area contributed by atoms with E-state index in [9.17, 15) is 9.90 Å². The zero-order valence-corrected chi connectivity index (χ0v) is 12.3. The van der Waals surface area contributed by atoms with Crippen LogP contribution in [0.2, 0.25) is 0 Å². The highest BCUT2D eigenvalue weighted by Crippen LogP contribution is 2.32. The van der Waals surface area contributed by atoms with Crippen LogP contribution in [-0.4, -0.2) is 42.2 Å². The molecular weight excluding hydrogens is 278 g/mol. The molecule has 2 aromatic carbocycles. The molecule has 1 aliphatic heterocycles. The molecule has 0 radical (unpaired) electrons. The normalized spacial score (nSPS) is 16.3. The minimum atomic E-state index is -0.486. The molecule has 114 valence electrons. The maximum Gasteiger partial charge on any atom is 0.234 e. The molecule has 2 aromatic rings. The fourth-order valence-electron chi connectivity index (χ4n) is 2.80. The Morgan fingerprint density at radius 3 is 2.32 bits per heavy atom. The average Bonchev–Trinajstić information content (AvgIpc) is 2.58. The Hall–Kier alpha value is -2.33. The van der Waals surface area contributed by atoms with E-state index in [1.807, 2.05) is 47.4 Å². The van der Waals surface area contributed by atoms with Crippen molar-refractivity contribution < 1.29 is 14.6 Å². The van der Waals surface area contributed by atoms with Gasteiger partial charge in [-0.25, -0.2) is 0 Å². The summed E-state index contributed by atoms with van der Waals surface area (Å²) in [6.45, 7) is 2.31. The van der Waals surface area contributed by atoms with Crippen molar-refractivity contribution in [2.45, 2.75) is 5.92 Å². The van der Waals surface area contributed by atoms with E-state index in [0.29, 0.717) is 31.9 Å². The van der Waals surface area contributed by atoms with Gasteiger partial charge in [-0.2, -0.15) is 0 Å². The predicted molar refractivity (Wildman–Crippen MR) is 83.8 cm³/mol. The third-order valence-electron chi connectivity index (χ3n) is 3.95. The van der Waals surface area contributed by atoms with Crippen LogP contribution < -0.4 is 0 Å². The molecule has 0 aliphatic carbocycles. The van der Waals surface area contributed by atoms with E-state index in [1.54, 1.807) is 12.1 Å². The van der Waals surface area contributed by atoms with Crippen molar-refractivity contribution in [1.29, 1.82) is 0 Å². The van der Waals surface area contributed by atoms with Crippen LogP contribution in [0.3, 0.4) is 0 Å². The summed E-state index contributed by atoms with van der Waals surface area (Å²) in [6.07, 6.45) is 0. The first-order valence-electron chi connectivity index (χ1n) is 7.47. The van der Waals surface area contributed by atoms with Crippen molar-refractivity contribution in [3.63, 3.8) is 0 Å². The highest BCUT2D eigenvalue weighted by Gasteiger charge is 2.30. The second-order valence-corrected chi connectivity index (χ2v) is 5.34. The van der Waals surface area contributed by atoms with Gasteiger partial charge in [-0.05, 0) is 11.6 Å². The van der Waals surface area contributed by atoms with Crippen LogP contribution in [0.15, 0.2) is 54.6 Å². The lowest BCUT2D eigenvalue weighted by atomic mass is 9.89. The highest BCUT2D eigenvalue weighted by molar-refractivity contribution is 5.88. The van der Waals surface area contributed by atoms with E-state index < -0.39 is 5.92 Å². The quantitative estimate of drug-likeness (QED) is 0.946. The number of benzene rings is 2. The van der Waals surface area contributed by atoms with Crippen LogP contribution in [0, 0.1) is 0 Å². The number of ether oxygens (including phenoxy) is 1. The Labute approximate surface area is 130 Å². The molecule has 0 bridgehead atoms. The summed E-state index contributed by atoms with van der Waals surface area (Å²) < 4.78 is 5.32. The van der Waals surface area contributed by atoms with Gasteiger partial charge < -0.3 is 14.7 Å². The van der Waals surface area contributed by atoms with Crippen molar-refractivity contribution in [2.75, 3.05) is 26.3 Å². The molecule has 0 spiro atoms. The van der Waals surface area contributed by atoms with Crippen LogP contribution >= 0.6 is 0 Å². The second kappa shape index (κ2) is 6.62. The van der Waals surface area contributed by atoms with Crippen molar-refractivity contribution in [2.24, 2.45) is 0 Å². The summed E-state index contributed by atoms with van der Waals surface area (Å²) in [5.74, 6) is -0.325. The standard InChI is InChI=1S/C18H19NO3/c20-16-9-5-4-8-15(16)17(14-6-2-1-3-7-14)18(21)19-10-12-22-13-11-19/h1-9,17,20H,10-13H2. The number of hydrogen-bond acceptors (Lipinski definition) is 3. The smallest absolute Gasteiger partial charge is 0.234 e. The molecule has 22 heavy (non-hydrogen) atoms. The Bertz CT molecular complexity index is 636. The summed E-state index contributed by atoms with van der Waals surface area (Å²) in [5, 5.41) is 10.2. The van der Waals surface area contributed by atoms with Gasteiger partial charge in [0.05, 0.1) is 19.1 Å². The van der Waals surface area contributed by atoms with E-state index in [0.717, 1.165) is 5.56 Å². The Balaban J connectivity index is 2.00. The SMILES string of the molecule is O=C(C(c1ccccc1)c1ccccc1O)N1CCOCC1. The number of para-hydroxylation sites is 1. The number of carbonyl (C=O) groups excluding carboxylic acids is 1. The lowest BCUT2D eigenvalue weighted by Gasteiger charge is -2.31. The van der Waals surface area contributed by atoms with E-state index >= 15 is 0 Å². The fraction of sp³-hybridized carbons (Fsp3) is 0.278. The summed E-state index contributed by atoms with van der Waals surface area (Å²) in [4.78, 5) is 14.8. The van der Waals surface area contributed by atoms with Crippen LogP contribution in [0.4, 0.5) is 0 Å². The summed E-state index contributed by atoms with van der Waals surface area (Å²) in [6, 6.07) is 16.6. The third-order valence-corrected chi connectivity index (χ3v) is 3.95. The van der Waals surface area contributed by atoms with Gasteiger partial charge in [0.25, 0.3) is 0 Å². The Morgan fingerprint density at radius 1 is 1.00 bits per heavy atom. The van der Waals surface area contributed by atoms with Crippen molar-refractivity contribution >= 4 is 5.91 Å². The minimum Gasteiger partial charge on any atom is -0.508 e. The number of rotatable bonds is 3. The molecule has 1 unspecified atom stereocenters. The van der Waals surface area contributed by atoms with Crippen LogP contribution in [0.1, 0.15) is 17.0 Å². The Morgan fingerprint density at radius 2 is 1.64 bits per heavy atom. The lowest BCUT2D eigenvalue weighted by Crippen LogP contribution is -2.43. The van der Waals surface area contributed by atoms with Crippen LogP contribution in [0.5, 0.6) is 5.75 Å². The van der Waals surface area contributed by atoms with E-state index in [-0.39, 0.29) is 11.7 Å². The van der Waals surface area contributed by atoms with Gasteiger partial charge in [0.15, 0.2) is 0 Å². The van der Waals surface area contributed by atoms with E-state index in [1.165, 1.54) is 0 Å². The van der Waals surface area contributed by atoms with Crippen LogP contribution in [-0.2, 0) is 9.53 Å². The van der Waals surface area contributed by atoms with Gasteiger partial charge in [0, 0.05) is 18.7 Å². The first-order chi connectivity index (χ1) is 10.8. The molecular formula is C18H19NO3. The topological polar surface area (TPSA) is 49.8 Å². The molecule has 4 nitrogen and oxygen atoms in total. The zero-order chi connectivity index (χ0) is 15.4. The molecule has 4 heteroatoms. The largest absolute Gasteiger partial charge is 0.508 e. The van der Waals surface area contributed by atoms with E-state index in [2.05, 4.69) is 0 Å². The number of morpholine rings is 1. The molecule has 1 saturated heterocycles.